The largest absolute Gasteiger partial charge is 0.567 e. The van der Waals surface area contributed by atoms with Crippen LogP contribution in [0.15, 0.2) is 30.3 Å². The van der Waals surface area contributed by atoms with Gasteiger partial charge in [-0.05, 0) is 5.46 Å². The van der Waals surface area contributed by atoms with Crippen LogP contribution in [0.3, 0.4) is 0 Å². The maximum absolute atomic E-state index is 9.97. The molecule has 66 valence electrons. The van der Waals surface area contributed by atoms with Crippen LogP contribution in [0.5, 0.6) is 0 Å². The molecule has 0 fully saturated rings. The molecule has 0 radical (unpaired) electrons. The van der Waals surface area contributed by atoms with E-state index in [-0.39, 0.29) is 23.2 Å². The summed E-state index contributed by atoms with van der Waals surface area (Å²) < 4.78 is 0. The first-order valence-corrected chi connectivity index (χ1v) is 2.95. The third-order valence-electron chi connectivity index (χ3n) is 1.15. The van der Waals surface area contributed by atoms with Crippen molar-refractivity contribution in [3.8, 4) is 0 Å². The van der Waals surface area contributed by atoms with E-state index in [0.29, 0.717) is 0 Å². The van der Waals surface area contributed by atoms with E-state index in [2.05, 4.69) is 0 Å². The highest BCUT2D eigenvalue weighted by molar-refractivity contribution is 6.45. The summed E-state index contributed by atoms with van der Waals surface area (Å²) in [6.45, 7) is 0. The van der Waals surface area contributed by atoms with E-state index in [1.165, 1.54) is 0 Å². The maximum atomic E-state index is 9.97. The van der Waals surface area contributed by atoms with Gasteiger partial charge in [-0.15, -0.1) is 0 Å². The van der Waals surface area contributed by atoms with Crippen LogP contribution >= 0.6 is 0 Å². The number of hydrogen-bond acceptors (Lipinski definition) is 2. The van der Waals surface area contributed by atoms with Gasteiger partial charge in [0.15, 0.2) is 0 Å². The van der Waals surface area contributed by atoms with Crippen molar-refractivity contribution >= 4 is 12.9 Å². The quantitative estimate of drug-likeness (QED) is 0.300. The molecule has 0 saturated heterocycles. The summed E-state index contributed by atoms with van der Waals surface area (Å²) in [6, 6.07) is 8.90. The average Bonchev–Trinajstić information content (AvgIpc) is 1.88. The summed E-state index contributed by atoms with van der Waals surface area (Å²) in [4.78, 5) is 9.64. The van der Waals surface area contributed by atoms with Crippen molar-refractivity contribution in [3.63, 3.8) is 0 Å². The van der Waals surface area contributed by atoms with Crippen molar-refractivity contribution in [2.45, 2.75) is 0 Å². The van der Waals surface area contributed by atoms with E-state index in [1.54, 1.807) is 24.3 Å². The summed E-state index contributed by atoms with van der Waals surface area (Å²) in [7, 11) is -0.0825. The molecule has 1 aromatic rings. The van der Waals surface area contributed by atoms with Gasteiger partial charge in [0.05, 0.1) is 0 Å². The monoisotopic (exact) mass is 171 g/mol. The van der Waals surface area contributed by atoms with Crippen molar-refractivity contribution in [1.29, 1.82) is 0 Å². The lowest BCUT2D eigenvalue weighted by Crippen LogP contribution is -2.21. The minimum Gasteiger partial charge on any atom is -0.412 e. The second-order valence-corrected chi connectivity index (χ2v) is 1.98. The Bertz CT molecular complexity index is 228. The lowest BCUT2D eigenvalue weighted by molar-refractivity contribution is -0.318. The normalized spacial score (nSPS) is 7.33. The fourth-order valence-corrected chi connectivity index (χ4v) is 0.732. The number of nitro groups is 1. The summed E-state index contributed by atoms with van der Waals surface area (Å²) >= 11 is 0. The topological polar surface area (TPSA) is 106 Å². The number of benzene rings is 1. The van der Waals surface area contributed by atoms with Gasteiger partial charge in [-0.25, -0.2) is 0 Å². The molecular formula is C6H10BNO4. The van der Waals surface area contributed by atoms with Gasteiger partial charge < -0.3 is 11.0 Å². The van der Waals surface area contributed by atoms with Crippen LogP contribution in [0.1, 0.15) is 0 Å². The second kappa shape index (κ2) is 6.32. The first-order chi connectivity index (χ1) is 4.79. The SMILES string of the molecule is O.O.O=[N+]([O-])Bc1ccccc1. The van der Waals surface area contributed by atoms with E-state index in [9.17, 15) is 10.1 Å². The van der Waals surface area contributed by atoms with Crippen molar-refractivity contribution in [1.82, 2.24) is 0 Å². The third kappa shape index (κ3) is 4.43. The standard InChI is InChI=1S/C6H6BNO2.2H2O/c9-8(10)7-6-4-2-1-3-5-6;;/h1-5,7H;2*1H2. The lowest BCUT2D eigenvalue weighted by atomic mass is 9.84. The molecule has 12 heavy (non-hydrogen) atoms. The van der Waals surface area contributed by atoms with Gasteiger partial charge in [0.25, 0.3) is 0 Å². The highest BCUT2D eigenvalue weighted by Gasteiger charge is 2.05. The minimum atomic E-state index is -0.338. The Morgan fingerprint density at radius 3 is 2.08 bits per heavy atom. The molecule has 0 unspecified atom stereocenters. The van der Waals surface area contributed by atoms with Gasteiger partial charge in [-0.3, -0.25) is 10.1 Å². The Morgan fingerprint density at radius 1 is 1.17 bits per heavy atom. The second-order valence-electron chi connectivity index (χ2n) is 1.98. The molecule has 0 aliphatic heterocycles. The van der Waals surface area contributed by atoms with Crippen LogP contribution in [-0.2, 0) is 0 Å². The Kier molecular flexibility index (Phi) is 6.96. The van der Waals surface area contributed by atoms with E-state index < -0.39 is 0 Å². The van der Waals surface area contributed by atoms with E-state index >= 15 is 0 Å². The van der Waals surface area contributed by atoms with Crippen LogP contribution < -0.4 is 5.46 Å². The molecular weight excluding hydrogens is 161 g/mol. The van der Waals surface area contributed by atoms with Gasteiger partial charge in [0.2, 0.25) is 0 Å². The third-order valence-corrected chi connectivity index (χ3v) is 1.15. The molecule has 0 spiro atoms. The molecule has 1 rings (SSSR count). The fraction of sp³-hybridized carbons (Fsp3) is 0. The molecule has 4 N–H and O–H groups in total. The number of hydrogen-bond donors (Lipinski definition) is 0. The predicted octanol–water partition coefficient (Wildman–Crippen LogP) is -1.71. The highest BCUT2D eigenvalue weighted by atomic mass is 16.6. The van der Waals surface area contributed by atoms with Gasteiger partial charge in [-0.1, -0.05) is 35.2 Å². The van der Waals surface area contributed by atoms with Crippen LogP contribution in [0, 0.1) is 10.1 Å². The molecule has 0 amide bonds. The molecule has 1 aromatic carbocycles. The maximum Gasteiger partial charge on any atom is 0.567 e. The first-order valence-electron chi connectivity index (χ1n) is 2.95. The number of rotatable bonds is 2. The highest BCUT2D eigenvalue weighted by Crippen LogP contribution is 1.80. The molecule has 6 heteroatoms. The van der Waals surface area contributed by atoms with Crippen LogP contribution in [0.2, 0.25) is 0 Å². The van der Waals surface area contributed by atoms with Crippen molar-refractivity contribution < 1.29 is 15.8 Å². The van der Waals surface area contributed by atoms with E-state index in [4.69, 9.17) is 0 Å². The van der Waals surface area contributed by atoms with E-state index in [1.807, 2.05) is 6.07 Å². The lowest BCUT2D eigenvalue weighted by Gasteiger charge is -1.88. The summed E-state index contributed by atoms with van der Waals surface area (Å²) in [6.07, 6.45) is 0. The van der Waals surface area contributed by atoms with E-state index in [0.717, 1.165) is 5.46 Å². The average molecular weight is 171 g/mol. The van der Waals surface area contributed by atoms with Gasteiger partial charge in [0.1, 0.15) is 0 Å². The van der Waals surface area contributed by atoms with Gasteiger partial charge in [0, 0.05) is 0 Å². The summed E-state index contributed by atoms with van der Waals surface area (Å²) in [5, 5.41) is 9.97. The summed E-state index contributed by atoms with van der Waals surface area (Å²) in [5.41, 5.74) is 0.743. The smallest absolute Gasteiger partial charge is 0.412 e. The van der Waals surface area contributed by atoms with Crippen molar-refractivity contribution in [3.05, 3.63) is 40.4 Å². The van der Waals surface area contributed by atoms with Crippen molar-refractivity contribution in [2.75, 3.05) is 0 Å². The first kappa shape index (κ1) is 13.2. The minimum absolute atomic E-state index is 0. The Morgan fingerprint density at radius 2 is 1.67 bits per heavy atom. The molecule has 0 aliphatic carbocycles. The molecule has 5 nitrogen and oxygen atoms in total. The Balaban J connectivity index is 0. The zero-order chi connectivity index (χ0) is 7.40. The molecule has 0 heterocycles. The summed E-state index contributed by atoms with van der Waals surface area (Å²) in [5.74, 6) is 0. The van der Waals surface area contributed by atoms with Crippen LogP contribution in [0.4, 0.5) is 0 Å². The molecule has 0 aliphatic rings. The molecule has 0 bridgehead atoms. The number of nitrogens with zero attached hydrogens (tertiary/aromatic N) is 1. The predicted molar refractivity (Wildman–Crippen MR) is 47.4 cm³/mol. The fourth-order valence-electron chi connectivity index (χ4n) is 0.732. The van der Waals surface area contributed by atoms with Crippen LogP contribution in [-0.4, -0.2) is 23.2 Å². The zero-order valence-electron chi connectivity index (χ0n) is 6.36. The molecule has 0 saturated carbocycles. The Labute approximate surface area is 70.1 Å². The van der Waals surface area contributed by atoms with Gasteiger partial charge >= 0.3 is 7.41 Å². The Hall–Kier alpha value is -1.40. The van der Waals surface area contributed by atoms with Gasteiger partial charge in [-0.2, -0.15) is 0 Å². The zero-order valence-corrected chi connectivity index (χ0v) is 6.36. The molecule has 0 aromatic heterocycles. The molecule has 0 atom stereocenters. The van der Waals surface area contributed by atoms with Crippen LogP contribution in [0.25, 0.3) is 0 Å². The van der Waals surface area contributed by atoms with Crippen molar-refractivity contribution in [2.24, 2.45) is 0 Å².